The van der Waals surface area contributed by atoms with Crippen molar-refractivity contribution >= 4 is 17.5 Å². The number of allylic oxidation sites excluding steroid dienone is 2. The molecule has 0 N–H and O–H groups in total. The molecule has 3 aliphatic rings. The molecule has 1 aromatic rings. The zero-order chi connectivity index (χ0) is 15.5. The Balaban J connectivity index is 1.80. The number of anilines is 1. The van der Waals surface area contributed by atoms with Gasteiger partial charge in [-0.25, -0.2) is 4.90 Å². The van der Waals surface area contributed by atoms with Crippen LogP contribution in [-0.4, -0.2) is 18.4 Å². The molecule has 0 spiro atoms. The Morgan fingerprint density at radius 1 is 1.27 bits per heavy atom. The highest BCUT2D eigenvalue weighted by Gasteiger charge is 2.67. The normalized spacial score (nSPS) is 35.4. The van der Waals surface area contributed by atoms with E-state index >= 15 is 0 Å². The molecule has 0 aromatic heterocycles. The van der Waals surface area contributed by atoms with Crippen molar-refractivity contribution in [1.29, 1.82) is 0 Å². The Morgan fingerprint density at radius 3 is 2.77 bits per heavy atom. The van der Waals surface area contributed by atoms with Crippen LogP contribution in [0.25, 0.3) is 0 Å². The van der Waals surface area contributed by atoms with Gasteiger partial charge in [0, 0.05) is 0 Å². The molecule has 2 aliphatic carbocycles. The lowest BCUT2D eigenvalue weighted by Crippen LogP contribution is -2.37. The first-order valence-electron chi connectivity index (χ1n) is 7.87. The molecular formula is C18H19NO3. The van der Waals surface area contributed by atoms with E-state index in [4.69, 9.17) is 4.74 Å². The lowest BCUT2D eigenvalue weighted by atomic mass is 9.71. The smallest absolute Gasteiger partial charge is 0.241 e. The van der Waals surface area contributed by atoms with Crippen LogP contribution in [-0.2, 0) is 9.59 Å². The van der Waals surface area contributed by atoms with E-state index in [0.29, 0.717) is 18.0 Å². The Kier molecular flexibility index (Phi) is 2.74. The summed E-state index contributed by atoms with van der Waals surface area (Å²) in [6.07, 6.45) is 5.16. The van der Waals surface area contributed by atoms with E-state index in [0.717, 1.165) is 6.42 Å². The van der Waals surface area contributed by atoms with Gasteiger partial charge in [0.2, 0.25) is 11.8 Å². The van der Waals surface area contributed by atoms with Crippen LogP contribution in [0.4, 0.5) is 5.69 Å². The fourth-order valence-electron chi connectivity index (χ4n) is 4.45. The monoisotopic (exact) mass is 297 g/mol. The lowest BCUT2D eigenvalue weighted by Gasteiger charge is -2.28. The molecule has 0 unspecified atom stereocenters. The highest BCUT2D eigenvalue weighted by atomic mass is 16.5. The maximum Gasteiger partial charge on any atom is 0.241 e. The number of fused-ring (bicyclic) bond motifs is 5. The Morgan fingerprint density at radius 2 is 2.05 bits per heavy atom. The van der Waals surface area contributed by atoms with Crippen LogP contribution in [0, 0.1) is 23.2 Å². The maximum atomic E-state index is 13.1. The van der Waals surface area contributed by atoms with Crippen molar-refractivity contribution in [2.45, 2.75) is 20.3 Å². The molecule has 4 nitrogen and oxygen atoms in total. The van der Waals surface area contributed by atoms with E-state index in [1.807, 2.05) is 32.0 Å². The number of ether oxygens (including phenoxy) is 1. The van der Waals surface area contributed by atoms with Crippen LogP contribution < -0.4 is 9.64 Å². The molecule has 1 saturated heterocycles. The molecule has 2 amide bonds. The fraction of sp³-hybridized carbons (Fsp3) is 0.444. The quantitative estimate of drug-likeness (QED) is 0.636. The van der Waals surface area contributed by atoms with Crippen LogP contribution in [0.3, 0.4) is 0 Å². The molecule has 114 valence electrons. The number of nitrogens with zero attached hydrogens (tertiary/aromatic N) is 1. The summed E-state index contributed by atoms with van der Waals surface area (Å²) >= 11 is 0. The first-order chi connectivity index (χ1) is 10.6. The first-order valence-corrected chi connectivity index (χ1v) is 7.87. The fourth-order valence-corrected chi connectivity index (χ4v) is 4.45. The number of carbonyl (C=O) groups is 2. The van der Waals surface area contributed by atoms with Crippen LogP contribution in [0.15, 0.2) is 36.4 Å². The second-order valence-corrected chi connectivity index (χ2v) is 6.53. The number of benzene rings is 1. The second-order valence-electron chi connectivity index (χ2n) is 6.53. The second kappa shape index (κ2) is 4.45. The SMILES string of the molecule is CCOc1ccccc1N1C(=O)[C@H]2[C@H]3C=C[C@@H](C3)[C@]2(C)C1=O. The van der Waals surface area contributed by atoms with Gasteiger partial charge in [-0.15, -0.1) is 0 Å². The van der Waals surface area contributed by atoms with E-state index in [1.165, 1.54) is 4.90 Å². The Labute approximate surface area is 129 Å². The summed E-state index contributed by atoms with van der Waals surface area (Å²) in [6, 6.07) is 7.29. The largest absolute Gasteiger partial charge is 0.492 e. The van der Waals surface area contributed by atoms with Crippen molar-refractivity contribution in [1.82, 2.24) is 0 Å². The van der Waals surface area contributed by atoms with Gasteiger partial charge in [-0.1, -0.05) is 24.3 Å². The molecular weight excluding hydrogens is 278 g/mol. The number of hydrogen-bond donors (Lipinski definition) is 0. The molecule has 4 atom stereocenters. The highest BCUT2D eigenvalue weighted by molar-refractivity contribution is 6.25. The topological polar surface area (TPSA) is 46.6 Å². The summed E-state index contributed by atoms with van der Waals surface area (Å²) in [5.74, 6) is 0.613. The molecule has 1 aliphatic heterocycles. The number of hydrogen-bond acceptors (Lipinski definition) is 3. The van der Waals surface area contributed by atoms with Gasteiger partial charge < -0.3 is 4.74 Å². The molecule has 1 aromatic carbocycles. The third-order valence-electron chi connectivity index (χ3n) is 5.52. The molecule has 4 heteroatoms. The van der Waals surface area contributed by atoms with Gasteiger partial charge in [0.1, 0.15) is 5.75 Å². The number of para-hydroxylation sites is 2. The van der Waals surface area contributed by atoms with Gasteiger partial charge >= 0.3 is 0 Å². The summed E-state index contributed by atoms with van der Waals surface area (Å²) in [6.45, 7) is 4.35. The van der Waals surface area contributed by atoms with Gasteiger partial charge in [0.25, 0.3) is 0 Å². The number of amides is 2. The summed E-state index contributed by atoms with van der Waals surface area (Å²) in [5.41, 5.74) is -0.00935. The van der Waals surface area contributed by atoms with Gasteiger partial charge in [0.15, 0.2) is 0 Å². The molecule has 1 heterocycles. The molecule has 2 fully saturated rings. The van der Waals surface area contributed by atoms with Crippen molar-refractivity contribution in [3.8, 4) is 5.75 Å². The maximum absolute atomic E-state index is 13.1. The highest BCUT2D eigenvalue weighted by Crippen LogP contribution is 2.61. The van der Waals surface area contributed by atoms with E-state index < -0.39 is 5.41 Å². The average Bonchev–Trinajstić information content (AvgIpc) is 3.13. The first kappa shape index (κ1) is 13.6. The van der Waals surface area contributed by atoms with Crippen molar-refractivity contribution in [3.63, 3.8) is 0 Å². The molecule has 2 bridgehead atoms. The molecule has 0 radical (unpaired) electrons. The van der Waals surface area contributed by atoms with Gasteiger partial charge in [-0.3, -0.25) is 9.59 Å². The van der Waals surface area contributed by atoms with E-state index in [-0.39, 0.29) is 29.6 Å². The summed E-state index contributed by atoms with van der Waals surface area (Å²) in [5, 5.41) is 0. The van der Waals surface area contributed by atoms with Crippen LogP contribution in [0.5, 0.6) is 5.75 Å². The summed E-state index contributed by atoms with van der Waals surface area (Å²) in [4.78, 5) is 27.4. The minimum absolute atomic E-state index is 0.0727. The predicted octanol–water partition coefficient (Wildman–Crippen LogP) is 2.79. The number of imide groups is 1. The van der Waals surface area contributed by atoms with Gasteiger partial charge in [-0.05, 0) is 44.2 Å². The number of carbonyl (C=O) groups excluding carboxylic acids is 2. The van der Waals surface area contributed by atoms with Crippen molar-refractivity contribution in [2.75, 3.05) is 11.5 Å². The van der Waals surface area contributed by atoms with Crippen LogP contribution >= 0.6 is 0 Å². The third-order valence-corrected chi connectivity index (χ3v) is 5.52. The van der Waals surface area contributed by atoms with E-state index in [2.05, 4.69) is 12.2 Å². The Hall–Kier alpha value is -2.10. The van der Waals surface area contributed by atoms with Crippen molar-refractivity contribution in [2.24, 2.45) is 23.2 Å². The molecule has 1 saturated carbocycles. The summed E-state index contributed by atoms with van der Waals surface area (Å²) < 4.78 is 5.61. The molecule has 22 heavy (non-hydrogen) atoms. The number of rotatable bonds is 3. The predicted molar refractivity (Wildman–Crippen MR) is 82.4 cm³/mol. The van der Waals surface area contributed by atoms with Gasteiger partial charge in [0.05, 0.1) is 23.6 Å². The summed E-state index contributed by atoms with van der Waals surface area (Å²) in [7, 11) is 0. The van der Waals surface area contributed by atoms with Crippen molar-refractivity contribution in [3.05, 3.63) is 36.4 Å². The Bertz CT molecular complexity index is 695. The lowest BCUT2D eigenvalue weighted by molar-refractivity contribution is -0.127. The zero-order valence-electron chi connectivity index (χ0n) is 12.8. The van der Waals surface area contributed by atoms with Gasteiger partial charge in [-0.2, -0.15) is 0 Å². The minimum atomic E-state index is -0.587. The average molecular weight is 297 g/mol. The minimum Gasteiger partial charge on any atom is -0.492 e. The van der Waals surface area contributed by atoms with E-state index in [1.54, 1.807) is 6.07 Å². The van der Waals surface area contributed by atoms with E-state index in [9.17, 15) is 9.59 Å². The zero-order valence-corrected chi connectivity index (χ0v) is 12.8. The van der Waals surface area contributed by atoms with Crippen LogP contribution in [0.2, 0.25) is 0 Å². The van der Waals surface area contributed by atoms with Crippen molar-refractivity contribution < 1.29 is 14.3 Å². The van der Waals surface area contributed by atoms with Crippen LogP contribution in [0.1, 0.15) is 20.3 Å². The standard InChI is InChI=1S/C18H19NO3/c1-3-22-14-7-5-4-6-13(14)19-16(20)15-11-8-9-12(10-11)18(15,2)17(19)21/h4-9,11-12,15H,3,10H2,1-2H3/t11-,12-,15+,18-/m0/s1. The molecule has 4 rings (SSSR count). The third kappa shape index (κ3) is 1.47.